The first-order chi connectivity index (χ1) is 4.19. The summed E-state index contributed by atoms with van der Waals surface area (Å²) >= 11 is 0. The standard InChI is InChI=1S/C5H7F3O2/c1-3(9)4(2,10)5(6,7)8/h10H,1-2H3. The Labute approximate surface area is 55.7 Å². The van der Waals surface area contributed by atoms with Crippen LogP contribution in [0.2, 0.25) is 0 Å². The van der Waals surface area contributed by atoms with Gasteiger partial charge in [0.1, 0.15) is 0 Å². The summed E-state index contributed by atoms with van der Waals surface area (Å²) in [4.78, 5) is 10.1. The number of ketones is 1. The Balaban J connectivity index is 4.57. The van der Waals surface area contributed by atoms with Crippen molar-refractivity contribution in [1.82, 2.24) is 0 Å². The number of halogens is 3. The van der Waals surface area contributed by atoms with Crippen molar-refractivity contribution < 1.29 is 23.1 Å². The van der Waals surface area contributed by atoms with Gasteiger partial charge in [-0.2, -0.15) is 13.2 Å². The average Bonchev–Trinajstić information content (AvgIpc) is 1.62. The van der Waals surface area contributed by atoms with E-state index in [1.165, 1.54) is 0 Å². The summed E-state index contributed by atoms with van der Waals surface area (Å²) in [6.45, 7) is 1.11. The lowest BCUT2D eigenvalue weighted by molar-refractivity contribution is -0.243. The van der Waals surface area contributed by atoms with Gasteiger partial charge < -0.3 is 5.11 Å². The smallest absolute Gasteiger partial charge is 0.374 e. The Morgan fingerprint density at radius 2 is 1.70 bits per heavy atom. The third-order valence-electron chi connectivity index (χ3n) is 1.24. The van der Waals surface area contributed by atoms with E-state index in [1.807, 2.05) is 0 Å². The van der Waals surface area contributed by atoms with Crippen molar-refractivity contribution in [1.29, 1.82) is 0 Å². The summed E-state index contributed by atoms with van der Waals surface area (Å²) in [7, 11) is 0. The van der Waals surface area contributed by atoms with Crippen LogP contribution in [0.5, 0.6) is 0 Å². The van der Waals surface area contributed by atoms with E-state index in [4.69, 9.17) is 5.11 Å². The van der Waals surface area contributed by atoms with Crippen molar-refractivity contribution in [2.24, 2.45) is 0 Å². The summed E-state index contributed by atoms with van der Waals surface area (Å²) in [5.74, 6) is -1.31. The fourth-order valence-electron chi connectivity index (χ4n) is 0.200. The van der Waals surface area contributed by atoms with Gasteiger partial charge in [0, 0.05) is 0 Å². The molecule has 0 fully saturated rings. The molecule has 10 heavy (non-hydrogen) atoms. The van der Waals surface area contributed by atoms with Crippen LogP contribution in [0.4, 0.5) is 13.2 Å². The molecule has 0 rings (SSSR count). The summed E-state index contributed by atoms with van der Waals surface area (Å²) in [6, 6.07) is 0. The van der Waals surface area contributed by atoms with Crippen LogP contribution in [-0.4, -0.2) is 22.7 Å². The van der Waals surface area contributed by atoms with Crippen LogP contribution >= 0.6 is 0 Å². The van der Waals surface area contributed by atoms with Crippen LogP contribution < -0.4 is 0 Å². The zero-order chi connectivity index (χ0) is 8.58. The van der Waals surface area contributed by atoms with Crippen LogP contribution in [0.1, 0.15) is 13.8 Å². The van der Waals surface area contributed by atoms with E-state index in [1.54, 1.807) is 0 Å². The molecule has 0 aromatic heterocycles. The largest absolute Gasteiger partial charge is 0.424 e. The first kappa shape index (κ1) is 9.42. The number of alkyl halides is 3. The molecule has 0 aromatic rings. The van der Waals surface area contributed by atoms with E-state index >= 15 is 0 Å². The van der Waals surface area contributed by atoms with Gasteiger partial charge in [-0.05, 0) is 13.8 Å². The zero-order valence-electron chi connectivity index (χ0n) is 5.49. The lowest BCUT2D eigenvalue weighted by atomic mass is 10.0. The van der Waals surface area contributed by atoms with Crippen LogP contribution in [0.15, 0.2) is 0 Å². The highest BCUT2D eigenvalue weighted by atomic mass is 19.4. The fraction of sp³-hybridized carbons (Fsp3) is 0.800. The van der Waals surface area contributed by atoms with Gasteiger partial charge in [-0.3, -0.25) is 4.79 Å². The van der Waals surface area contributed by atoms with Crippen molar-refractivity contribution in [2.45, 2.75) is 25.6 Å². The maximum Gasteiger partial charge on any atom is 0.424 e. The van der Waals surface area contributed by atoms with E-state index in [-0.39, 0.29) is 0 Å². The fourth-order valence-corrected chi connectivity index (χ4v) is 0.200. The van der Waals surface area contributed by atoms with Gasteiger partial charge in [0.05, 0.1) is 0 Å². The van der Waals surface area contributed by atoms with Crippen molar-refractivity contribution in [3.63, 3.8) is 0 Å². The summed E-state index contributed by atoms with van der Waals surface area (Å²) in [5, 5.41) is 8.45. The van der Waals surface area contributed by atoms with Crippen LogP contribution in [0, 0.1) is 0 Å². The number of carbonyl (C=O) groups is 1. The molecule has 1 N–H and O–H groups in total. The lowest BCUT2D eigenvalue weighted by Crippen LogP contribution is -2.48. The molecular formula is C5H7F3O2. The highest BCUT2D eigenvalue weighted by Gasteiger charge is 2.53. The Morgan fingerprint density at radius 1 is 1.40 bits per heavy atom. The van der Waals surface area contributed by atoms with Crippen LogP contribution in [0.3, 0.4) is 0 Å². The third kappa shape index (κ3) is 1.47. The number of hydrogen-bond donors (Lipinski definition) is 1. The maximum absolute atomic E-state index is 11.6. The van der Waals surface area contributed by atoms with Crippen molar-refractivity contribution in [2.75, 3.05) is 0 Å². The lowest BCUT2D eigenvalue weighted by Gasteiger charge is -2.22. The molecule has 0 aliphatic rings. The zero-order valence-corrected chi connectivity index (χ0v) is 5.49. The molecule has 2 nitrogen and oxygen atoms in total. The second-order valence-electron chi connectivity index (χ2n) is 2.13. The number of hydrogen-bond acceptors (Lipinski definition) is 2. The van der Waals surface area contributed by atoms with Crippen LogP contribution in [0.25, 0.3) is 0 Å². The molecule has 1 atom stereocenters. The summed E-state index contributed by atoms with van der Waals surface area (Å²) < 4.78 is 34.8. The molecule has 1 unspecified atom stereocenters. The third-order valence-corrected chi connectivity index (χ3v) is 1.24. The molecule has 0 aliphatic heterocycles. The van der Waals surface area contributed by atoms with E-state index in [0.29, 0.717) is 13.8 Å². The van der Waals surface area contributed by atoms with Gasteiger partial charge in [-0.25, -0.2) is 0 Å². The molecule has 0 aromatic carbocycles. The highest BCUT2D eigenvalue weighted by Crippen LogP contribution is 2.30. The van der Waals surface area contributed by atoms with E-state index < -0.39 is 17.6 Å². The van der Waals surface area contributed by atoms with Gasteiger partial charge in [0.15, 0.2) is 5.78 Å². The topological polar surface area (TPSA) is 37.3 Å². The van der Waals surface area contributed by atoms with Gasteiger partial charge >= 0.3 is 6.18 Å². The quantitative estimate of drug-likeness (QED) is 0.612. The van der Waals surface area contributed by atoms with Gasteiger partial charge in [0.25, 0.3) is 0 Å². The molecular weight excluding hydrogens is 149 g/mol. The molecule has 0 heterocycles. The summed E-state index contributed by atoms with van der Waals surface area (Å²) in [6.07, 6.45) is -4.88. The predicted molar refractivity (Wildman–Crippen MR) is 27.4 cm³/mol. The molecule has 5 heteroatoms. The molecule has 0 saturated carbocycles. The van der Waals surface area contributed by atoms with Gasteiger partial charge in [0.2, 0.25) is 5.60 Å². The van der Waals surface area contributed by atoms with Crippen molar-refractivity contribution in [3.05, 3.63) is 0 Å². The Morgan fingerprint density at radius 3 is 1.70 bits per heavy atom. The Hall–Kier alpha value is -0.580. The Bertz CT molecular complexity index is 147. The predicted octanol–water partition coefficient (Wildman–Crippen LogP) is 0.889. The maximum atomic E-state index is 11.6. The van der Waals surface area contributed by atoms with E-state index in [9.17, 15) is 18.0 Å². The first-order valence-electron chi connectivity index (χ1n) is 2.49. The number of carbonyl (C=O) groups excluding carboxylic acids is 1. The minimum Gasteiger partial charge on any atom is -0.374 e. The highest BCUT2D eigenvalue weighted by molar-refractivity contribution is 5.85. The molecule has 0 saturated heterocycles. The number of rotatable bonds is 1. The Kier molecular flexibility index (Phi) is 2.10. The summed E-state index contributed by atoms with van der Waals surface area (Å²) in [5.41, 5.74) is -3.20. The molecule has 0 aliphatic carbocycles. The molecule has 0 radical (unpaired) electrons. The van der Waals surface area contributed by atoms with Crippen molar-refractivity contribution >= 4 is 5.78 Å². The number of aliphatic hydroxyl groups is 1. The second-order valence-corrected chi connectivity index (χ2v) is 2.13. The molecule has 0 amide bonds. The molecule has 60 valence electrons. The van der Waals surface area contributed by atoms with Crippen molar-refractivity contribution in [3.8, 4) is 0 Å². The molecule has 0 bridgehead atoms. The average molecular weight is 156 g/mol. The van der Waals surface area contributed by atoms with E-state index in [2.05, 4.69) is 0 Å². The van der Waals surface area contributed by atoms with Gasteiger partial charge in [-0.15, -0.1) is 0 Å². The van der Waals surface area contributed by atoms with Crippen LogP contribution in [-0.2, 0) is 4.79 Å². The number of Topliss-reactive ketones (excluding diaryl/α,β-unsaturated/α-hetero) is 1. The second kappa shape index (κ2) is 2.23. The first-order valence-corrected chi connectivity index (χ1v) is 2.49. The molecule has 0 spiro atoms. The minimum absolute atomic E-state index is 0.426. The monoisotopic (exact) mass is 156 g/mol. The van der Waals surface area contributed by atoms with Gasteiger partial charge in [-0.1, -0.05) is 0 Å². The SMILES string of the molecule is CC(=O)C(C)(O)C(F)(F)F. The normalized spacial score (nSPS) is 18.2. The minimum atomic E-state index is -4.88. The van der Waals surface area contributed by atoms with E-state index in [0.717, 1.165) is 0 Å².